The average Bonchev–Trinajstić information content (AvgIpc) is 2.97. The van der Waals surface area contributed by atoms with E-state index < -0.39 is 30.9 Å². The zero-order chi connectivity index (χ0) is 19.7. The molecule has 0 unspecified atom stereocenters. The zero-order valence-electron chi connectivity index (χ0n) is 14.8. The average molecular weight is 373 g/mol. The van der Waals surface area contributed by atoms with Crippen molar-refractivity contribution in [3.05, 3.63) is 83.4 Å². The smallest absolute Gasteiger partial charge is 0.326 e. The van der Waals surface area contributed by atoms with E-state index in [4.69, 9.17) is 4.74 Å². The summed E-state index contributed by atoms with van der Waals surface area (Å²) in [6.45, 7) is -0.988. The minimum Gasteiger partial charge on any atom is -0.456 e. The first-order chi connectivity index (χ1) is 13.5. The normalized spacial score (nSPS) is 12.9. The number of ether oxygens (including phenoxy) is 1. The van der Waals surface area contributed by atoms with Gasteiger partial charge in [0.2, 0.25) is 0 Å². The van der Waals surface area contributed by atoms with Crippen LogP contribution in [0, 0.1) is 0 Å². The Morgan fingerprint density at radius 1 is 0.786 bits per heavy atom. The second-order valence-corrected chi connectivity index (χ2v) is 6.39. The van der Waals surface area contributed by atoms with Gasteiger partial charge in [-0.25, -0.2) is 0 Å². The minimum absolute atomic E-state index is 0.257. The third-order valence-electron chi connectivity index (χ3n) is 4.60. The van der Waals surface area contributed by atoms with Gasteiger partial charge in [-0.3, -0.25) is 24.1 Å². The van der Waals surface area contributed by atoms with Crippen LogP contribution < -0.4 is 0 Å². The van der Waals surface area contributed by atoms with Gasteiger partial charge in [-0.05, 0) is 29.0 Å². The van der Waals surface area contributed by atoms with E-state index in [2.05, 4.69) is 0 Å². The highest BCUT2D eigenvalue weighted by Gasteiger charge is 2.36. The van der Waals surface area contributed by atoms with Crippen LogP contribution in [-0.2, 0) is 9.53 Å². The van der Waals surface area contributed by atoms with E-state index in [0.29, 0.717) is 5.56 Å². The summed E-state index contributed by atoms with van der Waals surface area (Å²) in [4.78, 5) is 49.7. The van der Waals surface area contributed by atoms with Gasteiger partial charge in [0.1, 0.15) is 6.54 Å². The summed E-state index contributed by atoms with van der Waals surface area (Å²) in [5, 5.41) is 1.91. The first-order valence-electron chi connectivity index (χ1n) is 8.67. The molecule has 6 heteroatoms. The molecule has 3 aromatic rings. The highest BCUT2D eigenvalue weighted by molar-refractivity contribution is 6.22. The summed E-state index contributed by atoms with van der Waals surface area (Å²) in [5.74, 6) is -2.26. The molecule has 0 N–H and O–H groups in total. The van der Waals surface area contributed by atoms with E-state index in [1.54, 1.807) is 24.3 Å². The van der Waals surface area contributed by atoms with Crippen LogP contribution in [0.15, 0.2) is 66.7 Å². The number of ketones is 1. The molecule has 4 rings (SSSR count). The first-order valence-corrected chi connectivity index (χ1v) is 8.67. The SMILES string of the molecule is O=C(CN1C(=O)c2ccccc2C1=O)OCC(=O)c1ccc2ccccc2c1. The number of imide groups is 1. The standard InChI is InChI=1S/C22H15NO5/c24-19(16-10-9-14-5-1-2-6-15(14)11-16)13-28-20(25)12-23-21(26)17-7-3-4-8-18(17)22(23)27/h1-11H,12-13H2. The molecule has 0 spiro atoms. The largest absolute Gasteiger partial charge is 0.456 e. The second-order valence-electron chi connectivity index (χ2n) is 6.39. The lowest BCUT2D eigenvalue weighted by atomic mass is 10.0. The molecule has 1 aliphatic heterocycles. The van der Waals surface area contributed by atoms with E-state index in [9.17, 15) is 19.2 Å². The number of fused-ring (bicyclic) bond motifs is 2. The molecule has 0 bridgehead atoms. The summed E-state index contributed by atoms with van der Waals surface area (Å²) in [5.41, 5.74) is 0.937. The molecule has 0 aromatic heterocycles. The molecule has 0 atom stereocenters. The van der Waals surface area contributed by atoms with Crippen molar-refractivity contribution in [3.63, 3.8) is 0 Å². The van der Waals surface area contributed by atoms with Crippen LogP contribution in [-0.4, -0.2) is 41.6 Å². The molecule has 6 nitrogen and oxygen atoms in total. The van der Waals surface area contributed by atoms with E-state index in [-0.39, 0.29) is 16.9 Å². The number of carbonyl (C=O) groups is 4. The maximum Gasteiger partial charge on any atom is 0.326 e. The Morgan fingerprint density at radius 3 is 2.07 bits per heavy atom. The van der Waals surface area contributed by atoms with Gasteiger partial charge in [0.25, 0.3) is 11.8 Å². The molecule has 1 aliphatic rings. The molecule has 0 fully saturated rings. The lowest BCUT2D eigenvalue weighted by Gasteiger charge is -2.12. The monoisotopic (exact) mass is 373 g/mol. The van der Waals surface area contributed by atoms with Gasteiger partial charge in [0, 0.05) is 5.56 Å². The molecule has 3 aromatic carbocycles. The molecule has 1 heterocycles. The second kappa shape index (κ2) is 7.08. The van der Waals surface area contributed by atoms with Gasteiger partial charge >= 0.3 is 5.97 Å². The Balaban J connectivity index is 1.38. The number of carbonyl (C=O) groups excluding carboxylic acids is 4. The van der Waals surface area contributed by atoms with E-state index >= 15 is 0 Å². The number of amides is 2. The number of rotatable bonds is 5. The van der Waals surface area contributed by atoms with E-state index in [1.807, 2.05) is 30.3 Å². The van der Waals surface area contributed by atoms with Crippen molar-refractivity contribution in [3.8, 4) is 0 Å². The van der Waals surface area contributed by atoms with Crippen molar-refractivity contribution in [1.82, 2.24) is 4.90 Å². The lowest BCUT2D eigenvalue weighted by Crippen LogP contribution is -2.36. The van der Waals surface area contributed by atoms with Crippen molar-refractivity contribution in [2.75, 3.05) is 13.2 Å². The number of benzene rings is 3. The summed E-state index contributed by atoms with van der Waals surface area (Å²) in [6, 6.07) is 19.2. The maximum absolute atomic E-state index is 12.3. The Hall–Kier alpha value is -3.80. The minimum atomic E-state index is -0.816. The van der Waals surface area contributed by atoms with Gasteiger partial charge in [0.15, 0.2) is 12.4 Å². The molecule has 138 valence electrons. The fraction of sp³-hybridized carbons (Fsp3) is 0.0909. The fourth-order valence-electron chi connectivity index (χ4n) is 3.15. The molecule has 0 aliphatic carbocycles. The zero-order valence-corrected chi connectivity index (χ0v) is 14.8. The topological polar surface area (TPSA) is 80.8 Å². The quantitative estimate of drug-likeness (QED) is 0.390. The van der Waals surface area contributed by atoms with Gasteiger partial charge < -0.3 is 4.74 Å². The summed E-state index contributed by atoms with van der Waals surface area (Å²) in [7, 11) is 0. The third-order valence-corrected chi connectivity index (χ3v) is 4.60. The lowest BCUT2D eigenvalue weighted by molar-refractivity contribution is -0.142. The van der Waals surface area contributed by atoms with Crippen LogP contribution in [0.5, 0.6) is 0 Å². The highest BCUT2D eigenvalue weighted by atomic mass is 16.5. The molecule has 2 amide bonds. The number of Topliss-reactive ketones (excluding diaryl/α,β-unsaturated/α-hetero) is 1. The predicted molar refractivity (Wildman–Crippen MR) is 101 cm³/mol. The molecule has 0 saturated heterocycles. The summed E-state index contributed by atoms with van der Waals surface area (Å²) in [6.07, 6.45) is 0. The van der Waals surface area contributed by atoms with Gasteiger partial charge in [0.05, 0.1) is 11.1 Å². The highest BCUT2D eigenvalue weighted by Crippen LogP contribution is 2.22. The van der Waals surface area contributed by atoms with Gasteiger partial charge in [-0.1, -0.05) is 48.5 Å². The molecule has 0 saturated carbocycles. The van der Waals surface area contributed by atoms with Crippen molar-refractivity contribution >= 4 is 34.3 Å². The Morgan fingerprint density at radius 2 is 1.39 bits per heavy atom. The number of hydrogen-bond acceptors (Lipinski definition) is 5. The van der Waals surface area contributed by atoms with Crippen LogP contribution in [0.4, 0.5) is 0 Å². The van der Waals surface area contributed by atoms with Crippen LogP contribution in [0.25, 0.3) is 10.8 Å². The number of nitrogens with zero attached hydrogens (tertiary/aromatic N) is 1. The summed E-state index contributed by atoms with van der Waals surface area (Å²) >= 11 is 0. The Kier molecular flexibility index (Phi) is 4.45. The van der Waals surface area contributed by atoms with E-state index in [1.165, 1.54) is 12.1 Å². The van der Waals surface area contributed by atoms with E-state index in [0.717, 1.165) is 15.7 Å². The summed E-state index contributed by atoms with van der Waals surface area (Å²) < 4.78 is 4.99. The van der Waals surface area contributed by atoms with Crippen molar-refractivity contribution < 1.29 is 23.9 Å². The van der Waals surface area contributed by atoms with Crippen molar-refractivity contribution in [1.29, 1.82) is 0 Å². The van der Waals surface area contributed by atoms with Gasteiger partial charge in [-0.15, -0.1) is 0 Å². The molecular formula is C22H15NO5. The van der Waals surface area contributed by atoms with Crippen LogP contribution in [0.1, 0.15) is 31.1 Å². The van der Waals surface area contributed by atoms with Crippen LogP contribution in [0.2, 0.25) is 0 Å². The third kappa shape index (κ3) is 3.16. The Bertz CT molecular complexity index is 1100. The van der Waals surface area contributed by atoms with Crippen LogP contribution >= 0.6 is 0 Å². The van der Waals surface area contributed by atoms with Gasteiger partial charge in [-0.2, -0.15) is 0 Å². The predicted octanol–water partition coefficient (Wildman–Crippen LogP) is 2.86. The van der Waals surface area contributed by atoms with Crippen molar-refractivity contribution in [2.24, 2.45) is 0 Å². The molecule has 0 radical (unpaired) electrons. The molecule has 28 heavy (non-hydrogen) atoms. The van der Waals surface area contributed by atoms with Crippen molar-refractivity contribution in [2.45, 2.75) is 0 Å². The first kappa shape index (κ1) is 17.6. The maximum atomic E-state index is 12.3. The van der Waals surface area contributed by atoms with Crippen LogP contribution in [0.3, 0.4) is 0 Å². The Labute approximate surface area is 160 Å². The molecular weight excluding hydrogens is 358 g/mol. The number of hydrogen-bond donors (Lipinski definition) is 0. The number of esters is 1. The fourth-order valence-corrected chi connectivity index (χ4v) is 3.15.